The minimum Gasteiger partial charge on any atom is -0.387 e. The molecule has 4 atom stereocenters. The van der Waals surface area contributed by atoms with Crippen molar-refractivity contribution in [2.24, 2.45) is 0 Å². The lowest BCUT2D eigenvalue weighted by atomic mass is 10.1. The van der Waals surface area contributed by atoms with E-state index in [1.807, 2.05) is 0 Å². The number of anilines is 2. The molecule has 0 saturated carbocycles. The Balaban J connectivity index is 1.30. The lowest BCUT2D eigenvalue weighted by Gasteiger charge is -2.16. The van der Waals surface area contributed by atoms with Crippen LogP contribution in [-0.4, -0.2) is 92.3 Å². The Bertz CT molecular complexity index is 1440. The van der Waals surface area contributed by atoms with Gasteiger partial charge < -0.3 is 25.6 Å². The number of likely N-dealkylation sites (N-methyl/N-ethyl adjacent to an activating group) is 1. The number of fused-ring (bicyclic) bond motifs is 1. The number of hydrogen-bond acceptors (Lipinski definition) is 10. The van der Waals surface area contributed by atoms with Crippen LogP contribution < -0.4 is 16.0 Å². The van der Waals surface area contributed by atoms with Gasteiger partial charge in [0.2, 0.25) is 10.0 Å². The molecule has 3 amide bonds. The van der Waals surface area contributed by atoms with Crippen LogP contribution in [0, 0.1) is 0 Å². The van der Waals surface area contributed by atoms with Crippen molar-refractivity contribution in [1.82, 2.24) is 29.1 Å². The molecule has 2 aliphatic heterocycles. The number of urea groups is 1. The van der Waals surface area contributed by atoms with Crippen molar-refractivity contribution in [3.05, 3.63) is 36.9 Å². The van der Waals surface area contributed by atoms with E-state index >= 15 is 0 Å². The Morgan fingerprint density at radius 1 is 1.08 bits per heavy atom. The molecule has 0 spiro atoms. The average Bonchev–Trinajstić information content (AvgIpc) is 3.59. The largest absolute Gasteiger partial charge is 0.387 e. The Kier molecular flexibility index (Phi) is 6.50. The molecule has 2 saturated heterocycles. The highest BCUT2D eigenvalue weighted by Gasteiger charge is 2.47. The van der Waals surface area contributed by atoms with Gasteiger partial charge in [-0.3, -0.25) is 14.7 Å². The van der Waals surface area contributed by atoms with Crippen molar-refractivity contribution in [2.45, 2.75) is 36.4 Å². The first-order valence-corrected chi connectivity index (χ1v) is 12.8. The van der Waals surface area contributed by atoms with Gasteiger partial charge in [0.15, 0.2) is 29.3 Å². The Labute approximate surface area is 210 Å². The summed E-state index contributed by atoms with van der Waals surface area (Å²) in [6.45, 7) is 3.03. The molecule has 5 rings (SSSR count). The smallest absolute Gasteiger partial charge is 0.324 e. The fourth-order valence-electron chi connectivity index (χ4n) is 3.92. The van der Waals surface area contributed by atoms with Crippen LogP contribution in [0.2, 0.25) is 0 Å². The maximum atomic E-state index is 12.6. The van der Waals surface area contributed by atoms with Gasteiger partial charge in [0, 0.05) is 25.3 Å². The van der Waals surface area contributed by atoms with Gasteiger partial charge in [0.05, 0.1) is 11.2 Å². The van der Waals surface area contributed by atoms with Gasteiger partial charge in [-0.2, -0.15) is 4.31 Å². The van der Waals surface area contributed by atoms with Crippen LogP contribution in [0.1, 0.15) is 13.2 Å². The quantitative estimate of drug-likeness (QED) is 0.241. The molecule has 37 heavy (non-hydrogen) atoms. The molecule has 2 fully saturated rings. The van der Waals surface area contributed by atoms with E-state index in [0.717, 1.165) is 0 Å². The molecule has 0 bridgehead atoms. The van der Waals surface area contributed by atoms with Crippen molar-refractivity contribution in [3.63, 3.8) is 0 Å². The summed E-state index contributed by atoms with van der Waals surface area (Å²) in [7, 11) is -3.50. The Morgan fingerprint density at radius 2 is 1.81 bits per heavy atom. The zero-order valence-electron chi connectivity index (χ0n) is 19.5. The third-order valence-corrected chi connectivity index (χ3v) is 7.78. The number of imidazole rings is 1. The molecule has 196 valence electrons. The maximum Gasteiger partial charge on any atom is 0.324 e. The SMILES string of the molecule is CCNC(=O)[C@H]1O[C@@H](n2cnc3c(NC(=O)Nc4ccc(S(=O)(=O)N5CC5)cc4)ncnc32)[C@H](O)[C@@H]1O. The third-order valence-electron chi connectivity index (χ3n) is 5.87. The Hall–Kier alpha value is -3.70. The number of ether oxygens (including phenoxy) is 1. The molecule has 3 aromatic rings. The second-order valence-corrected chi connectivity index (χ2v) is 10.3. The minimum absolute atomic E-state index is 0.0512. The number of aromatic nitrogens is 4. The highest BCUT2D eigenvalue weighted by molar-refractivity contribution is 7.89. The monoisotopic (exact) mass is 532 g/mol. The number of nitrogens with zero attached hydrogens (tertiary/aromatic N) is 5. The van der Waals surface area contributed by atoms with Gasteiger partial charge in [-0.15, -0.1) is 0 Å². The lowest BCUT2D eigenvalue weighted by molar-refractivity contribution is -0.137. The normalized spacial score (nSPS) is 23.6. The van der Waals surface area contributed by atoms with Gasteiger partial charge in [-0.25, -0.2) is 28.2 Å². The van der Waals surface area contributed by atoms with Crippen molar-refractivity contribution < 1.29 is 33.0 Å². The topological polar surface area (TPSA) is 201 Å². The average molecular weight is 533 g/mol. The molecular formula is C21H24N8O7S. The number of aliphatic hydroxyl groups excluding tert-OH is 2. The zero-order valence-corrected chi connectivity index (χ0v) is 20.3. The van der Waals surface area contributed by atoms with Crippen LogP contribution in [0.15, 0.2) is 41.8 Å². The number of benzene rings is 1. The highest BCUT2D eigenvalue weighted by atomic mass is 32.2. The van der Waals surface area contributed by atoms with Crippen molar-refractivity contribution in [2.75, 3.05) is 30.3 Å². The van der Waals surface area contributed by atoms with Crippen molar-refractivity contribution >= 4 is 44.6 Å². The molecular weight excluding hydrogens is 508 g/mol. The number of nitrogens with one attached hydrogen (secondary N) is 3. The van der Waals surface area contributed by atoms with E-state index < -0.39 is 46.5 Å². The fraction of sp³-hybridized carbons (Fsp3) is 0.381. The first-order chi connectivity index (χ1) is 17.7. The van der Waals surface area contributed by atoms with E-state index in [2.05, 4.69) is 30.9 Å². The summed E-state index contributed by atoms with van der Waals surface area (Å²) in [4.78, 5) is 37.3. The number of amides is 3. The molecule has 1 aromatic carbocycles. The predicted octanol–water partition coefficient (Wildman–Crippen LogP) is -0.770. The summed E-state index contributed by atoms with van der Waals surface area (Å²) in [5.41, 5.74) is 0.706. The second kappa shape index (κ2) is 9.64. The lowest BCUT2D eigenvalue weighted by Crippen LogP contribution is -2.42. The zero-order chi connectivity index (χ0) is 26.3. The molecule has 2 aliphatic rings. The molecule has 0 unspecified atom stereocenters. The molecule has 16 heteroatoms. The molecule has 4 heterocycles. The molecule has 0 radical (unpaired) electrons. The standard InChI is InChI=1S/C21H24N8O7S/c1-2-22-19(32)16-14(30)15(31)20(36-16)29-10-25-13-17(23-9-24-18(13)29)27-21(33)26-11-3-5-12(6-4-11)37(34,35)28-7-8-28/h3-6,9-10,14-16,20,30-31H,2,7-8H2,1H3,(H,22,32)(H2,23,24,26,27,33)/t14-,15+,16-,20+/m0/s1. The fourth-order valence-corrected chi connectivity index (χ4v) is 5.26. The van der Waals surface area contributed by atoms with Crippen LogP contribution in [0.4, 0.5) is 16.3 Å². The first kappa shape index (κ1) is 25.0. The molecule has 15 nitrogen and oxygen atoms in total. The summed E-state index contributed by atoms with van der Waals surface area (Å²) in [5, 5.41) is 28.5. The van der Waals surface area contributed by atoms with Crippen LogP contribution in [0.3, 0.4) is 0 Å². The summed E-state index contributed by atoms with van der Waals surface area (Å²) in [6, 6.07) is 5.08. The summed E-state index contributed by atoms with van der Waals surface area (Å²) < 4.78 is 32.8. The Morgan fingerprint density at radius 3 is 2.49 bits per heavy atom. The van der Waals surface area contributed by atoms with Crippen LogP contribution >= 0.6 is 0 Å². The number of aliphatic hydroxyl groups is 2. The molecule has 2 aromatic heterocycles. The van der Waals surface area contributed by atoms with Gasteiger partial charge in [0.1, 0.15) is 18.5 Å². The number of carbonyl (C=O) groups is 2. The van der Waals surface area contributed by atoms with E-state index in [4.69, 9.17) is 4.74 Å². The number of carbonyl (C=O) groups excluding carboxylic acids is 2. The minimum atomic E-state index is -3.50. The van der Waals surface area contributed by atoms with Crippen LogP contribution in [0.5, 0.6) is 0 Å². The van der Waals surface area contributed by atoms with E-state index in [1.165, 1.54) is 45.8 Å². The summed E-state index contributed by atoms with van der Waals surface area (Å²) in [5.74, 6) is -0.513. The maximum absolute atomic E-state index is 12.6. The summed E-state index contributed by atoms with van der Waals surface area (Å²) >= 11 is 0. The van der Waals surface area contributed by atoms with E-state index in [9.17, 15) is 28.2 Å². The molecule has 0 aliphatic carbocycles. The number of rotatable bonds is 7. The molecule has 5 N–H and O–H groups in total. The van der Waals surface area contributed by atoms with Crippen molar-refractivity contribution in [1.29, 1.82) is 0 Å². The highest BCUT2D eigenvalue weighted by Crippen LogP contribution is 2.32. The second-order valence-electron chi connectivity index (χ2n) is 8.38. The summed E-state index contributed by atoms with van der Waals surface area (Å²) in [6.07, 6.45) is -2.90. The third kappa shape index (κ3) is 4.72. The van der Waals surface area contributed by atoms with E-state index in [0.29, 0.717) is 25.3 Å². The van der Waals surface area contributed by atoms with Crippen molar-refractivity contribution in [3.8, 4) is 0 Å². The predicted molar refractivity (Wildman–Crippen MR) is 128 cm³/mol. The van der Waals surface area contributed by atoms with Crippen LogP contribution in [0.25, 0.3) is 11.2 Å². The number of sulfonamides is 1. The van der Waals surface area contributed by atoms with Gasteiger partial charge >= 0.3 is 6.03 Å². The van der Waals surface area contributed by atoms with Crippen LogP contribution in [-0.2, 0) is 19.6 Å². The number of hydrogen-bond donors (Lipinski definition) is 5. The first-order valence-electron chi connectivity index (χ1n) is 11.4. The van der Waals surface area contributed by atoms with Gasteiger partial charge in [0.25, 0.3) is 5.91 Å². The van der Waals surface area contributed by atoms with Gasteiger partial charge in [-0.05, 0) is 31.2 Å². The van der Waals surface area contributed by atoms with E-state index in [1.54, 1.807) is 6.92 Å². The van der Waals surface area contributed by atoms with Gasteiger partial charge in [-0.1, -0.05) is 0 Å². The van der Waals surface area contributed by atoms with E-state index in [-0.39, 0.29) is 21.9 Å².